The maximum Gasteiger partial charge on any atom is 0.306 e. The highest BCUT2D eigenvalue weighted by atomic mass is 32.1. The summed E-state index contributed by atoms with van der Waals surface area (Å²) < 4.78 is 27.6. The lowest BCUT2D eigenvalue weighted by Gasteiger charge is -2.29. The predicted octanol–water partition coefficient (Wildman–Crippen LogP) is 3.03. The molecule has 1 aromatic carbocycles. The summed E-state index contributed by atoms with van der Waals surface area (Å²) in [4.78, 5) is 29.0. The lowest BCUT2D eigenvalue weighted by atomic mass is 9.97. The van der Waals surface area contributed by atoms with Crippen molar-refractivity contribution in [3.8, 4) is 10.6 Å². The Labute approximate surface area is 140 Å². The van der Waals surface area contributed by atoms with Gasteiger partial charge in [-0.2, -0.15) is 0 Å². The van der Waals surface area contributed by atoms with Crippen LogP contribution in [0.2, 0.25) is 0 Å². The van der Waals surface area contributed by atoms with E-state index in [1.54, 1.807) is 0 Å². The van der Waals surface area contributed by atoms with Crippen molar-refractivity contribution >= 4 is 23.2 Å². The average Bonchev–Trinajstić information content (AvgIpc) is 3.03. The number of amides is 1. The van der Waals surface area contributed by atoms with Gasteiger partial charge in [0.2, 0.25) is 0 Å². The number of carbonyl (C=O) groups excluding carboxylic acids is 1. The summed E-state index contributed by atoms with van der Waals surface area (Å²) in [6.07, 6.45) is 0.778. The molecule has 2 heterocycles. The van der Waals surface area contributed by atoms with Gasteiger partial charge in [0, 0.05) is 18.5 Å². The van der Waals surface area contributed by atoms with Crippen molar-refractivity contribution in [3.05, 3.63) is 40.9 Å². The maximum atomic E-state index is 13.8. The number of hydrogen-bond donors (Lipinski definition) is 1. The average molecular weight is 352 g/mol. The van der Waals surface area contributed by atoms with Crippen LogP contribution in [0.1, 0.15) is 23.3 Å². The SMILES string of the molecule is O=C(O)C1CCN(C(=O)c2csc(-c3c(F)cccc3F)n2)CC1. The molecule has 1 fully saturated rings. The van der Waals surface area contributed by atoms with Gasteiger partial charge in [-0.05, 0) is 25.0 Å². The molecule has 1 amide bonds. The normalized spacial score (nSPS) is 15.5. The molecule has 0 atom stereocenters. The molecule has 5 nitrogen and oxygen atoms in total. The fourth-order valence-electron chi connectivity index (χ4n) is 2.68. The number of aliphatic carboxylic acids is 1. The highest BCUT2D eigenvalue weighted by molar-refractivity contribution is 7.13. The van der Waals surface area contributed by atoms with Gasteiger partial charge in [0.05, 0.1) is 11.5 Å². The van der Waals surface area contributed by atoms with E-state index >= 15 is 0 Å². The van der Waals surface area contributed by atoms with Crippen molar-refractivity contribution in [3.63, 3.8) is 0 Å². The van der Waals surface area contributed by atoms with Crippen molar-refractivity contribution < 1.29 is 23.5 Å². The molecule has 0 unspecified atom stereocenters. The van der Waals surface area contributed by atoms with Crippen molar-refractivity contribution in [2.45, 2.75) is 12.8 Å². The van der Waals surface area contributed by atoms with Crippen molar-refractivity contribution in [1.29, 1.82) is 0 Å². The molecule has 126 valence electrons. The first-order chi connectivity index (χ1) is 11.5. The second-order valence-corrected chi connectivity index (χ2v) is 6.40. The zero-order valence-corrected chi connectivity index (χ0v) is 13.4. The molecule has 0 saturated carbocycles. The number of carbonyl (C=O) groups is 2. The molecule has 0 aliphatic carbocycles. The number of thiazole rings is 1. The Kier molecular flexibility index (Phi) is 4.57. The highest BCUT2D eigenvalue weighted by Crippen LogP contribution is 2.29. The summed E-state index contributed by atoms with van der Waals surface area (Å²) in [7, 11) is 0. The number of rotatable bonds is 3. The Hall–Kier alpha value is -2.35. The first-order valence-electron chi connectivity index (χ1n) is 7.39. The van der Waals surface area contributed by atoms with Crippen LogP contribution in [0.5, 0.6) is 0 Å². The Balaban J connectivity index is 1.76. The zero-order chi connectivity index (χ0) is 17.3. The van der Waals surface area contributed by atoms with E-state index in [1.165, 1.54) is 16.3 Å². The fraction of sp³-hybridized carbons (Fsp3) is 0.312. The second kappa shape index (κ2) is 6.64. The molecule has 1 N–H and O–H groups in total. The number of nitrogens with zero attached hydrogens (tertiary/aromatic N) is 2. The van der Waals surface area contributed by atoms with E-state index in [2.05, 4.69) is 4.98 Å². The van der Waals surface area contributed by atoms with Crippen LogP contribution in [0.25, 0.3) is 10.6 Å². The minimum Gasteiger partial charge on any atom is -0.481 e. The van der Waals surface area contributed by atoms with Crippen molar-refractivity contribution in [2.75, 3.05) is 13.1 Å². The smallest absolute Gasteiger partial charge is 0.306 e. The number of benzene rings is 1. The molecule has 1 aliphatic rings. The van der Waals surface area contributed by atoms with E-state index in [0.29, 0.717) is 25.9 Å². The fourth-order valence-corrected chi connectivity index (χ4v) is 3.52. The van der Waals surface area contributed by atoms with Crippen LogP contribution in [-0.4, -0.2) is 40.0 Å². The first kappa shape index (κ1) is 16.5. The van der Waals surface area contributed by atoms with Gasteiger partial charge >= 0.3 is 5.97 Å². The quantitative estimate of drug-likeness (QED) is 0.922. The highest BCUT2D eigenvalue weighted by Gasteiger charge is 2.28. The van der Waals surface area contributed by atoms with E-state index in [-0.39, 0.29) is 22.2 Å². The summed E-state index contributed by atoms with van der Waals surface area (Å²) in [5.74, 6) is -3.10. The second-order valence-electron chi connectivity index (χ2n) is 5.54. The predicted molar refractivity (Wildman–Crippen MR) is 83.7 cm³/mol. The largest absolute Gasteiger partial charge is 0.481 e. The standard InChI is InChI=1S/C16H14F2N2O3S/c17-10-2-1-3-11(18)13(10)14-19-12(8-24-14)15(21)20-6-4-9(5-7-20)16(22)23/h1-3,8-9H,4-7H2,(H,22,23). The van der Waals surface area contributed by atoms with Crippen LogP contribution in [0.4, 0.5) is 8.78 Å². The van der Waals surface area contributed by atoms with Gasteiger partial charge in [-0.25, -0.2) is 13.8 Å². The van der Waals surface area contributed by atoms with E-state index < -0.39 is 23.5 Å². The summed E-state index contributed by atoms with van der Waals surface area (Å²) in [5.41, 5.74) is -0.127. The number of carboxylic acid groups (broad SMARTS) is 1. The van der Waals surface area contributed by atoms with E-state index in [1.807, 2.05) is 0 Å². The Morgan fingerprint density at radius 3 is 2.42 bits per heavy atom. The number of carboxylic acids is 1. The van der Waals surface area contributed by atoms with Crippen LogP contribution in [-0.2, 0) is 4.79 Å². The van der Waals surface area contributed by atoms with Crippen molar-refractivity contribution in [1.82, 2.24) is 9.88 Å². The van der Waals surface area contributed by atoms with Crippen LogP contribution in [0.15, 0.2) is 23.6 Å². The minimum atomic E-state index is -0.854. The van der Waals surface area contributed by atoms with Gasteiger partial charge in [-0.15, -0.1) is 11.3 Å². The molecule has 1 aromatic heterocycles. The molecule has 8 heteroatoms. The van der Waals surface area contributed by atoms with Crippen molar-refractivity contribution in [2.24, 2.45) is 5.92 Å². The van der Waals surface area contributed by atoms with Crippen LogP contribution >= 0.6 is 11.3 Å². The number of halogens is 2. The number of likely N-dealkylation sites (tertiary alicyclic amines) is 1. The molecule has 2 aromatic rings. The van der Waals surface area contributed by atoms with E-state index in [4.69, 9.17) is 5.11 Å². The summed E-state index contributed by atoms with van der Waals surface area (Å²) in [6, 6.07) is 3.54. The van der Waals surface area contributed by atoms with Gasteiger partial charge < -0.3 is 10.0 Å². The van der Waals surface area contributed by atoms with Gasteiger partial charge in [0.1, 0.15) is 22.3 Å². The Morgan fingerprint density at radius 2 is 1.83 bits per heavy atom. The minimum absolute atomic E-state index is 0.106. The molecular formula is C16H14F2N2O3S. The maximum absolute atomic E-state index is 13.8. The first-order valence-corrected chi connectivity index (χ1v) is 8.27. The molecule has 24 heavy (non-hydrogen) atoms. The van der Waals surface area contributed by atoms with Gasteiger partial charge in [-0.1, -0.05) is 6.07 Å². The molecule has 0 spiro atoms. The third-order valence-electron chi connectivity index (χ3n) is 4.03. The molecule has 0 radical (unpaired) electrons. The summed E-state index contributed by atoms with van der Waals surface area (Å²) in [5, 5.41) is 10.5. The molecule has 1 aliphatic heterocycles. The van der Waals surface area contributed by atoms with Gasteiger partial charge in [-0.3, -0.25) is 9.59 Å². The number of hydrogen-bond acceptors (Lipinski definition) is 4. The lowest BCUT2D eigenvalue weighted by Crippen LogP contribution is -2.40. The van der Waals surface area contributed by atoms with Gasteiger partial charge in [0.15, 0.2) is 0 Å². The Morgan fingerprint density at radius 1 is 1.21 bits per heavy atom. The summed E-state index contributed by atoms with van der Waals surface area (Å²) in [6.45, 7) is 0.660. The van der Waals surface area contributed by atoms with E-state index in [0.717, 1.165) is 23.5 Å². The molecular weight excluding hydrogens is 338 g/mol. The molecule has 1 saturated heterocycles. The topological polar surface area (TPSA) is 70.5 Å². The molecule has 0 bridgehead atoms. The number of aromatic nitrogens is 1. The van der Waals surface area contributed by atoms with Crippen LogP contribution in [0.3, 0.4) is 0 Å². The summed E-state index contributed by atoms with van der Waals surface area (Å²) >= 11 is 0.996. The third-order valence-corrected chi connectivity index (χ3v) is 4.89. The zero-order valence-electron chi connectivity index (χ0n) is 12.5. The van der Waals surface area contributed by atoms with Crippen LogP contribution in [0, 0.1) is 17.6 Å². The number of piperidine rings is 1. The monoisotopic (exact) mass is 352 g/mol. The molecule has 3 rings (SSSR count). The Bertz CT molecular complexity index is 765. The van der Waals surface area contributed by atoms with Gasteiger partial charge in [0.25, 0.3) is 5.91 Å². The van der Waals surface area contributed by atoms with E-state index in [9.17, 15) is 18.4 Å². The third kappa shape index (κ3) is 3.14. The lowest BCUT2D eigenvalue weighted by molar-refractivity contribution is -0.143. The van der Waals surface area contributed by atoms with Crippen LogP contribution < -0.4 is 0 Å².